The number of fused-ring (bicyclic) bond motifs is 1. The highest BCUT2D eigenvalue weighted by atomic mass is 19.1. The molecule has 7 heteroatoms. The molecule has 1 aliphatic heterocycles. The summed E-state index contributed by atoms with van der Waals surface area (Å²) in [6.45, 7) is 3.25. The normalized spacial score (nSPS) is 14.6. The van der Waals surface area contributed by atoms with Crippen molar-refractivity contribution in [1.29, 1.82) is 0 Å². The van der Waals surface area contributed by atoms with Gasteiger partial charge in [0, 0.05) is 69.9 Å². The summed E-state index contributed by atoms with van der Waals surface area (Å²) in [6, 6.07) is 10.6. The smallest absolute Gasteiger partial charge is 0.258 e. The zero-order valence-corrected chi connectivity index (χ0v) is 15.4. The van der Waals surface area contributed by atoms with Crippen LogP contribution in [0.2, 0.25) is 0 Å². The first-order chi connectivity index (χ1) is 13.0. The van der Waals surface area contributed by atoms with Crippen LogP contribution in [0.15, 0.2) is 47.4 Å². The minimum atomic E-state index is -0.491. The Hall–Kier alpha value is -2.93. The van der Waals surface area contributed by atoms with E-state index in [1.807, 2.05) is 43.3 Å². The summed E-state index contributed by atoms with van der Waals surface area (Å²) in [7, 11) is 3.92. The summed E-state index contributed by atoms with van der Waals surface area (Å²) in [5, 5.41) is 3.26. The molecule has 4 rings (SSSR count). The summed E-state index contributed by atoms with van der Waals surface area (Å²) >= 11 is 0. The van der Waals surface area contributed by atoms with E-state index >= 15 is 0 Å². The predicted octanol–water partition coefficient (Wildman–Crippen LogP) is 1.98. The molecule has 1 fully saturated rings. The second kappa shape index (κ2) is 7.00. The number of nitrogens with one attached hydrogen (secondary N) is 1. The van der Waals surface area contributed by atoms with Crippen molar-refractivity contribution < 1.29 is 4.39 Å². The average molecular weight is 367 g/mol. The van der Waals surface area contributed by atoms with Crippen LogP contribution in [0.4, 0.5) is 15.8 Å². The van der Waals surface area contributed by atoms with E-state index < -0.39 is 5.82 Å². The fraction of sp³-hybridized carbons (Fsp3) is 0.300. The van der Waals surface area contributed by atoms with Crippen LogP contribution in [-0.2, 0) is 0 Å². The minimum absolute atomic E-state index is 0.0491. The molecule has 0 amide bonds. The maximum Gasteiger partial charge on any atom is 0.258 e. The fourth-order valence-corrected chi connectivity index (χ4v) is 3.32. The third-order valence-electron chi connectivity index (χ3n) is 4.86. The van der Waals surface area contributed by atoms with E-state index in [-0.39, 0.29) is 11.2 Å². The Balaban J connectivity index is 1.77. The van der Waals surface area contributed by atoms with Crippen molar-refractivity contribution in [3.05, 3.63) is 58.8 Å². The minimum Gasteiger partial charge on any atom is -0.378 e. The van der Waals surface area contributed by atoms with Gasteiger partial charge in [0.15, 0.2) is 11.5 Å². The lowest BCUT2D eigenvalue weighted by Crippen LogP contribution is -2.43. The predicted molar refractivity (Wildman–Crippen MR) is 106 cm³/mol. The molecule has 1 aliphatic rings. The van der Waals surface area contributed by atoms with Gasteiger partial charge in [0.2, 0.25) is 0 Å². The molecule has 0 aliphatic carbocycles. The summed E-state index contributed by atoms with van der Waals surface area (Å²) in [4.78, 5) is 21.1. The number of piperazine rings is 1. The van der Waals surface area contributed by atoms with Gasteiger partial charge in [-0.15, -0.1) is 0 Å². The summed E-state index contributed by atoms with van der Waals surface area (Å²) in [5.41, 5.74) is 2.76. The Morgan fingerprint density at radius 2 is 1.81 bits per heavy atom. The Kier molecular flexibility index (Phi) is 4.53. The maximum absolute atomic E-state index is 14.8. The third kappa shape index (κ3) is 3.38. The van der Waals surface area contributed by atoms with Crippen molar-refractivity contribution in [3.63, 3.8) is 0 Å². The van der Waals surface area contributed by atoms with Crippen molar-refractivity contribution in [2.75, 3.05) is 50.1 Å². The van der Waals surface area contributed by atoms with E-state index in [1.165, 1.54) is 16.5 Å². The SMILES string of the molecule is CN(C)c1ccc(-c2cc(=O)n3cc(N4CCNCC4)cc(F)c3n2)cc1. The number of anilines is 2. The lowest BCUT2D eigenvalue weighted by molar-refractivity contribution is 0.583. The van der Waals surface area contributed by atoms with E-state index in [1.54, 1.807) is 6.20 Å². The molecule has 1 aromatic carbocycles. The Morgan fingerprint density at radius 1 is 1.11 bits per heavy atom. The summed E-state index contributed by atoms with van der Waals surface area (Å²) < 4.78 is 16.1. The molecule has 0 radical (unpaired) electrons. The molecule has 0 bridgehead atoms. The van der Waals surface area contributed by atoms with Gasteiger partial charge in [-0.25, -0.2) is 9.37 Å². The average Bonchev–Trinajstić information content (AvgIpc) is 2.69. The first-order valence-corrected chi connectivity index (χ1v) is 8.99. The largest absolute Gasteiger partial charge is 0.378 e. The van der Waals surface area contributed by atoms with Crippen molar-refractivity contribution in [2.45, 2.75) is 0 Å². The van der Waals surface area contributed by atoms with Crippen LogP contribution in [0.3, 0.4) is 0 Å². The van der Waals surface area contributed by atoms with Crippen LogP contribution >= 0.6 is 0 Å². The molecule has 2 aromatic heterocycles. The lowest BCUT2D eigenvalue weighted by Gasteiger charge is -2.29. The third-order valence-corrected chi connectivity index (χ3v) is 4.86. The summed E-state index contributed by atoms with van der Waals surface area (Å²) in [5.74, 6) is -0.491. The van der Waals surface area contributed by atoms with E-state index in [0.717, 1.165) is 37.4 Å². The van der Waals surface area contributed by atoms with Gasteiger partial charge in [-0.05, 0) is 12.1 Å². The van der Waals surface area contributed by atoms with Crippen LogP contribution in [0, 0.1) is 5.82 Å². The highest BCUT2D eigenvalue weighted by molar-refractivity contribution is 5.65. The fourth-order valence-electron chi connectivity index (χ4n) is 3.32. The number of aromatic nitrogens is 2. The van der Waals surface area contributed by atoms with E-state index in [4.69, 9.17) is 0 Å². The Morgan fingerprint density at radius 3 is 2.48 bits per heavy atom. The highest BCUT2D eigenvalue weighted by Crippen LogP contribution is 2.23. The Bertz CT molecular complexity index is 1020. The number of rotatable bonds is 3. The number of halogens is 1. The molecule has 3 aromatic rings. The van der Waals surface area contributed by atoms with Gasteiger partial charge in [0.1, 0.15) is 0 Å². The molecule has 0 spiro atoms. The molecule has 0 saturated carbocycles. The highest BCUT2D eigenvalue weighted by Gasteiger charge is 2.15. The van der Waals surface area contributed by atoms with Gasteiger partial charge in [0.05, 0.1) is 11.4 Å². The monoisotopic (exact) mass is 367 g/mol. The van der Waals surface area contributed by atoms with Crippen LogP contribution in [0.5, 0.6) is 0 Å². The van der Waals surface area contributed by atoms with Crippen LogP contribution < -0.4 is 20.7 Å². The number of nitrogens with zero attached hydrogens (tertiary/aromatic N) is 4. The van der Waals surface area contributed by atoms with Crippen molar-refractivity contribution in [1.82, 2.24) is 14.7 Å². The molecule has 3 heterocycles. The zero-order chi connectivity index (χ0) is 19.0. The molecular formula is C20H22FN5O. The second-order valence-corrected chi connectivity index (χ2v) is 6.90. The van der Waals surface area contributed by atoms with Crippen LogP contribution in [-0.4, -0.2) is 49.7 Å². The molecular weight excluding hydrogens is 345 g/mol. The molecule has 1 saturated heterocycles. The van der Waals surface area contributed by atoms with Crippen molar-refractivity contribution in [2.24, 2.45) is 0 Å². The van der Waals surface area contributed by atoms with E-state index in [0.29, 0.717) is 11.4 Å². The quantitative estimate of drug-likeness (QED) is 0.767. The van der Waals surface area contributed by atoms with Gasteiger partial charge >= 0.3 is 0 Å². The zero-order valence-electron chi connectivity index (χ0n) is 15.4. The van der Waals surface area contributed by atoms with Gasteiger partial charge in [0.25, 0.3) is 5.56 Å². The number of benzene rings is 1. The van der Waals surface area contributed by atoms with Gasteiger partial charge in [-0.2, -0.15) is 0 Å². The van der Waals surface area contributed by atoms with Crippen LogP contribution in [0.1, 0.15) is 0 Å². The number of pyridine rings is 1. The molecule has 140 valence electrons. The topological polar surface area (TPSA) is 52.9 Å². The second-order valence-electron chi connectivity index (χ2n) is 6.90. The summed E-state index contributed by atoms with van der Waals surface area (Å²) in [6.07, 6.45) is 1.68. The first-order valence-electron chi connectivity index (χ1n) is 8.99. The van der Waals surface area contributed by atoms with Crippen LogP contribution in [0.25, 0.3) is 16.9 Å². The molecule has 1 N–H and O–H groups in total. The van der Waals surface area contributed by atoms with Crippen molar-refractivity contribution >= 4 is 17.0 Å². The number of hydrogen-bond donors (Lipinski definition) is 1. The van der Waals surface area contributed by atoms with E-state index in [2.05, 4.69) is 15.2 Å². The number of hydrogen-bond acceptors (Lipinski definition) is 5. The van der Waals surface area contributed by atoms with E-state index in [9.17, 15) is 9.18 Å². The van der Waals surface area contributed by atoms with Crippen molar-refractivity contribution in [3.8, 4) is 11.3 Å². The lowest BCUT2D eigenvalue weighted by atomic mass is 10.1. The van der Waals surface area contributed by atoms with Gasteiger partial charge < -0.3 is 15.1 Å². The molecule has 27 heavy (non-hydrogen) atoms. The van der Waals surface area contributed by atoms with Gasteiger partial charge in [-0.1, -0.05) is 12.1 Å². The maximum atomic E-state index is 14.8. The molecule has 0 unspecified atom stereocenters. The molecule has 0 atom stereocenters. The first kappa shape index (κ1) is 17.5. The van der Waals surface area contributed by atoms with Gasteiger partial charge in [-0.3, -0.25) is 9.20 Å². The Labute approximate surface area is 156 Å². The standard InChI is InChI=1S/C20H22FN5O/c1-24(2)15-5-3-14(4-6-15)18-12-19(27)26-13-16(11-17(21)20(26)23-18)25-9-7-22-8-10-25/h3-6,11-13,22H,7-10H2,1-2H3. The molecule has 6 nitrogen and oxygen atoms in total.